The van der Waals surface area contributed by atoms with E-state index in [1.807, 2.05) is 6.07 Å². The molecule has 0 radical (unpaired) electrons. The number of nitrogens with zero attached hydrogens (tertiary/aromatic N) is 3. The lowest BCUT2D eigenvalue weighted by molar-refractivity contribution is -0.129. The van der Waals surface area contributed by atoms with Crippen molar-refractivity contribution in [3.8, 4) is 0 Å². The second-order valence-corrected chi connectivity index (χ2v) is 11.4. The molecule has 1 saturated heterocycles. The molecule has 6 fully saturated rings. The zero-order valence-electron chi connectivity index (χ0n) is 18.9. The average molecular weight is 448 g/mol. The molecule has 2 heterocycles. The summed E-state index contributed by atoms with van der Waals surface area (Å²) < 4.78 is 0. The zero-order valence-corrected chi connectivity index (χ0v) is 18.9. The molecule has 7 heteroatoms. The van der Waals surface area contributed by atoms with Gasteiger partial charge >= 0.3 is 0 Å². The quantitative estimate of drug-likeness (QED) is 0.557. The molecule has 1 aliphatic heterocycles. The number of piperidine rings is 1. The van der Waals surface area contributed by atoms with Crippen molar-refractivity contribution in [2.75, 3.05) is 22.1 Å². The number of aliphatic hydroxyl groups excluding tert-OH is 1. The summed E-state index contributed by atoms with van der Waals surface area (Å²) in [7, 11) is 0. The van der Waals surface area contributed by atoms with E-state index >= 15 is 0 Å². The molecule has 4 N–H and O–H groups in total. The third-order valence-electron chi connectivity index (χ3n) is 9.12. The van der Waals surface area contributed by atoms with Crippen molar-refractivity contribution >= 4 is 23.1 Å². The molecule has 1 aromatic carbocycles. The van der Waals surface area contributed by atoms with Gasteiger partial charge in [0.05, 0.1) is 17.7 Å². The highest BCUT2D eigenvalue weighted by molar-refractivity contribution is 5.61. The lowest BCUT2D eigenvalue weighted by Gasteiger charge is -2.58. The second-order valence-electron chi connectivity index (χ2n) is 11.4. The molecule has 5 unspecified atom stereocenters. The number of benzene rings is 1. The van der Waals surface area contributed by atoms with E-state index < -0.39 is 5.60 Å². The van der Waals surface area contributed by atoms with Crippen molar-refractivity contribution in [1.29, 1.82) is 0 Å². The predicted molar refractivity (Wildman–Crippen MR) is 128 cm³/mol. The van der Waals surface area contributed by atoms with Crippen LogP contribution < -0.4 is 15.5 Å². The largest absolute Gasteiger partial charge is 0.391 e. The molecule has 33 heavy (non-hydrogen) atoms. The Balaban J connectivity index is 1.03. The van der Waals surface area contributed by atoms with Crippen LogP contribution in [0.4, 0.5) is 23.1 Å². The zero-order chi connectivity index (χ0) is 22.2. The van der Waals surface area contributed by atoms with Gasteiger partial charge in [-0.3, -0.25) is 0 Å². The van der Waals surface area contributed by atoms with Crippen LogP contribution in [0.3, 0.4) is 0 Å². The molecule has 0 spiro atoms. The highest BCUT2D eigenvalue weighted by Crippen LogP contribution is 2.56. The minimum absolute atomic E-state index is 0.192. The van der Waals surface area contributed by atoms with Gasteiger partial charge in [0.25, 0.3) is 0 Å². The number of nitrogens with one attached hydrogen (secondary N) is 2. The van der Waals surface area contributed by atoms with Crippen LogP contribution >= 0.6 is 0 Å². The minimum atomic E-state index is -0.411. The number of aliphatic hydroxyl groups is 2. The number of hydrogen-bond donors (Lipinski definition) is 4. The van der Waals surface area contributed by atoms with Crippen LogP contribution in [-0.4, -0.2) is 50.5 Å². The lowest BCUT2D eigenvalue weighted by atomic mass is 9.52. The summed E-state index contributed by atoms with van der Waals surface area (Å²) in [5.74, 6) is 3.86. The highest BCUT2D eigenvalue weighted by atomic mass is 16.3. The van der Waals surface area contributed by atoms with Crippen LogP contribution in [0.25, 0.3) is 0 Å². The van der Waals surface area contributed by atoms with Crippen molar-refractivity contribution in [3.05, 3.63) is 36.5 Å². The maximum Gasteiger partial charge on any atom is 0.229 e. The van der Waals surface area contributed by atoms with Crippen LogP contribution in [0, 0.1) is 23.7 Å². The van der Waals surface area contributed by atoms with E-state index in [2.05, 4.69) is 44.8 Å². The predicted octanol–water partition coefficient (Wildman–Crippen LogP) is 3.53. The van der Waals surface area contributed by atoms with E-state index in [1.54, 1.807) is 6.20 Å². The van der Waals surface area contributed by atoms with E-state index in [-0.39, 0.29) is 12.1 Å². The summed E-state index contributed by atoms with van der Waals surface area (Å²) in [5.41, 5.74) is 1.72. The van der Waals surface area contributed by atoms with Gasteiger partial charge in [-0.1, -0.05) is 0 Å². The Morgan fingerprint density at radius 2 is 1.73 bits per heavy atom. The van der Waals surface area contributed by atoms with Crippen molar-refractivity contribution in [3.63, 3.8) is 0 Å². The minimum Gasteiger partial charge on any atom is -0.391 e. The number of anilines is 4. The molecule has 8 rings (SSSR count). The van der Waals surface area contributed by atoms with Gasteiger partial charge in [0, 0.05) is 30.2 Å². The SMILES string of the molecule is OC1CC2CC1N(c1ccc(Nc3nccc(NC4C5CC6CC4CC(O)(C6)C5)n3)cc1)C2. The lowest BCUT2D eigenvalue weighted by Crippen LogP contribution is -2.59. The van der Waals surface area contributed by atoms with Crippen LogP contribution in [0.2, 0.25) is 0 Å². The molecule has 174 valence electrons. The normalized spacial score (nSPS) is 40.4. The number of hydrogen-bond acceptors (Lipinski definition) is 7. The van der Waals surface area contributed by atoms with Gasteiger partial charge < -0.3 is 25.7 Å². The van der Waals surface area contributed by atoms with Gasteiger partial charge in [-0.15, -0.1) is 0 Å². The Kier molecular flexibility index (Phi) is 4.44. The van der Waals surface area contributed by atoms with Crippen molar-refractivity contribution in [1.82, 2.24) is 9.97 Å². The first-order valence-electron chi connectivity index (χ1n) is 12.7. The standard InChI is InChI=1S/C26H33N5O2/c32-22-10-16-9-21(22)31(14-16)20-3-1-19(2-4-20)28-25-27-6-5-23(30-25)29-24-17-7-15-8-18(24)13-26(33,11-15)12-17/h1-6,15-18,21-22,24,32-33H,7-14H2,(H2,27,28,29,30). The maximum absolute atomic E-state index is 10.8. The molecule has 5 saturated carbocycles. The first-order chi connectivity index (χ1) is 16.0. The van der Waals surface area contributed by atoms with Crippen LogP contribution in [0.1, 0.15) is 44.9 Å². The molecule has 6 bridgehead atoms. The molecule has 1 aromatic heterocycles. The van der Waals surface area contributed by atoms with Gasteiger partial charge in [0.15, 0.2) is 0 Å². The average Bonchev–Trinajstić information content (AvgIpc) is 3.36. The Morgan fingerprint density at radius 3 is 2.42 bits per heavy atom. The Morgan fingerprint density at radius 1 is 0.939 bits per heavy atom. The third kappa shape index (κ3) is 3.48. The van der Waals surface area contributed by atoms with Gasteiger partial charge in [-0.2, -0.15) is 4.98 Å². The van der Waals surface area contributed by atoms with Crippen molar-refractivity contribution in [2.45, 2.75) is 68.7 Å². The number of rotatable bonds is 5. The molecule has 5 aliphatic carbocycles. The van der Waals surface area contributed by atoms with Gasteiger partial charge in [0.1, 0.15) is 5.82 Å². The summed E-state index contributed by atoms with van der Waals surface area (Å²) >= 11 is 0. The Bertz CT molecular complexity index is 1030. The summed E-state index contributed by atoms with van der Waals surface area (Å²) in [6.07, 6.45) is 8.99. The van der Waals surface area contributed by atoms with Gasteiger partial charge in [-0.25, -0.2) is 4.98 Å². The van der Waals surface area contributed by atoms with Gasteiger partial charge in [-0.05, 0) is 98.9 Å². The summed E-state index contributed by atoms with van der Waals surface area (Å²) in [4.78, 5) is 11.5. The number of fused-ring (bicyclic) bond motifs is 2. The molecule has 7 nitrogen and oxygen atoms in total. The fourth-order valence-electron chi connectivity index (χ4n) is 8.04. The smallest absolute Gasteiger partial charge is 0.229 e. The fraction of sp³-hybridized carbons (Fsp3) is 0.615. The summed E-state index contributed by atoms with van der Waals surface area (Å²) in [6, 6.07) is 11.0. The monoisotopic (exact) mass is 447 g/mol. The molecule has 6 aliphatic rings. The summed E-state index contributed by atoms with van der Waals surface area (Å²) in [5, 5.41) is 28.1. The summed E-state index contributed by atoms with van der Waals surface area (Å²) in [6.45, 7) is 1.05. The fourth-order valence-corrected chi connectivity index (χ4v) is 8.04. The highest BCUT2D eigenvalue weighted by Gasteiger charge is 2.54. The number of aromatic nitrogens is 2. The van der Waals surface area contributed by atoms with E-state index in [0.29, 0.717) is 35.7 Å². The van der Waals surface area contributed by atoms with Crippen LogP contribution in [0.5, 0.6) is 0 Å². The van der Waals surface area contributed by atoms with Crippen LogP contribution in [0.15, 0.2) is 36.5 Å². The Labute approximate surface area is 194 Å². The Hall–Kier alpha value is -2.38. The van der Waals surface area contributed by atoms with E-state index in [4.69, 9.17) is 4.98 Å². The first kappa shape index (κ1) is 20.0. The van der Waals surface area contributed by atoms with Crippen molar-refractivity contribution in [2.24, 2.45) is 23.7 Å². The first-order valence-corrected chi connectivity index (χ1v) is 12.7. The van der Waals surface area contributed by atoms with E-state index in [1.165, 1.54) is 18.5 Å². The van der Waals surface area contributed by atoms with Crippen LogP contribution in [-0.2, 0) is 0 Å². The van der Waals surface area contributed by atoms with E-state index in [0.717, 1.165) is 50.2 Å². The van der Waals surface area contributed by atoms with Gasteiger partial charge in [0.2, 0.25) is 5.95 Å². The second kappa shape index (κ2) is 7.31. The molecule has 2 aromatic rings. The molecular weight excluding hydrogens is 414 g/mol. The van der Waals surface area contributed by atoms with E-state index in [9.17, 15) is 10.2 Å². The third-order valence-corrected chi connectivity index (χ3v) is 9.12. The maximum atomic E-state index is 10.8. The van der Waals surface area contributed by atoms with Crippen molar-refractivity contribution < 1.29 is 10.2 Å². The molecular formula is C26H33N5O2. The topological polar surface area (TPSA) is 93.5 Å². The molecule has 5 atom stereocenters. The molecule has 0 amide bonds.